The summed E-state index contributed by atoms with van der Waals surface area (Å²) in [5.41, 5.74) is 5.30. The smallest absolute Gasteiger partial charge is 0.263 e. The second kappa shape index (κ2) is 10.7. The molecule has 0 radical (unpaired) electrons. The van der Waals surface area contributed by atoms with Crippen molar-refractivity contribution in [2.24, 2.45) is 5.73 Å². The highest BCUT2D eigenvalue weighted by Crippen LogP contribution is 1.98. The summed E-state index contributed by atoms with van der Waals surface area (Å²) in [7, 11) is 0. The van der Waals surface area contributed by atoms with Gasteiger partial charge in [-0.1, -0.05) is 0 Å². The van der Waals surface area contributed by atoms with E-state index >= 15 is 0 Å². The number of nitriles is 1. The maximum absolute atomic E-state index is 11.9. The van der Waals surface area contributed by atoms with Crippen LogP contribution in [-0.2, 0) is 9.59 Å². The molecule has 8 heteroatoms. The average molecular weight is 308 g/mol. The summed E-state index contributed by atoms with van der Waals surface area (Å²) in [5.74, 6) is -0.461. The molecule has 1 rings (SSSR count). The Morgan fingerprint density at radius 1 is 1.45 bits per heavy atom. The highest BCUT2D eigenvalue weighted by Gasteiger charge is 2.12. The Morgan fingerprint density at radius 2 is 2.18 bits per heavy atom. The van der Waals surface area contributed by atoms with E-state index in [-0.39, 0.29) is 5.57 Å². The molecule has 0 spiro atoms. The van der Waals surface area contributed by atoms with Crippen LogP contribution in [0, 0.1) is 11.3 Å². The van der Waals surface area contributed by atoms with Gasteiger partial charge < -0.3 is 21.3 Å². The Balaban J connectivity index is 2.42. The predicted molar refractivity (Wildman–Crippen MR) is 82.5 cm³/mol. The van der Waals surface area contributed by atoms with Gasteiger partial charge >= 0.3 is 0 Å². The number of piperazine rings is 1. The van der Waals surface area contributed by atoms with Crippen LogP contribution in [0.15, 0.2) is 11.8 Å². The number of carbonyl (C=O) groups excluding carboxylic acids is 2. The first-order valence-electron chi connectivity index (χ1n) is 7.45. The highest BCUT2D eigenvalue weighted by atomic mass is 16.2. The lowest BCUT2D eigenvalue weighted by Crippen LogP contribution is -2.46. The topological polar surface area (TPSA) is 114 Å². The Morgan fingerprint density at radius 3 is 2.77 bits per heavy atom. The van der Waals surface area contributed by atoms with E-state index in [1.54, 1.807) is 0 Å². The number of nitrogens with two attached hydrogens (primary N) is 1. The minimum Gasteiger partial charge on any atom is -0.350 e. The van der Waals surface area contributed by atoms with Gasteiger partial charge in [0, 0.05) is 52.0 Å². The molecule has 0 unspecified atom stereocenters. The number of nitrogens with one attached hydrogen (secondary N) is 2. The summed E-state index contributed by atoms with van der Waals surface area (Å²) >= 11 is 0. The lowest BCUT2D eigenvalue weighted by Gasteiger charge is -2.27. The van der Waals surface area contributed by atoms with Gasteiger partial charge in [0.2, 0.25) is 6.41 Å². The molecule has 1 fully saturated rings. The second-order valence-electron chi connectivity index (χ2n) is 4.99. The molecule has 0 aliphatic carbocycles. The summed E-state index contributed by atoms with van der Waals surface area (Å²) in [4.78, 5) is 26.3. The first-order chi connectivity index (χ1) is 10.7. The van der Waals surface area contributed by atoms with Crippen LogP contribution in [0.4, 0.5) is 0 Å². The number of carbonyl (C=O) groups is 2. The summed E-state index contributed by atoms with van der Waals surface area (Å²) in [6, 6.07) is 1.83. The second-order valence-corrected chi connectivity index (χ2v) is 4.99. The van der Waals surface area contributed by atoms with E-state index in [4.69, 9.17) is 11.0 Å². The lowest BCUT2D eigenvalue weighted by molar-refractivity contribution is -0.117. The largest absolute Gasteiger partial charge is 0.350 e. The molecule has 1 heterocycles. The van der Waals surface area contributed by atoms with Gasteiger partial charge in [-0.05, 0) is 13.0 Å². The van der Waals surface area contributed by atoms with Crippen LogP contribution < -0.4 is 16.4 Å². The van der Waals surface area contributed by atoms with Crippen molar-refractivity contribution in [2.75, 3.05) is 52.4 Å². The number of nitrogens with zero attached hydrogens (tertiary/aromatic N) is 3. The number of amides is 2. The number of rotatable bonds is 9. The summed E-state index contributed by atoms with van der Waals surface area (Å²) in [5, 5.41) is 15.0. The molecule has 1 saturated heterocycles. The van der Waals surface area contributed by atoms with Crippen molar-refractivity contribution in [1.82, 2.24) is 20.4 Å². The van der Waals surface area contributed by atoms with Crippen LogP contribution in [0.1, 0.15) is 6.42 Å². The Kier molecular flexibility index (Phi) is 8.83. The maximum atomic E-state index is 11.9. The molecular formula is C14H24N6O2. The van der Waals surface area contributed by atoms with Crippen molar-refractivity contribution in [1.29, 1.82) is 5.26 Å². The maximum Gasteiger partial charge on any atom is 0.263 e. The molecule has 0 aromatic rings. The van der Waals surface area contributed by atoms with E-state index in [2.05, 4.69) is 15.5 Å². The molecule has 1 aliphatic heterocycles. The van der Waals surface area contributed by atoms with Gasteiger partial charge in [-0.2, -0.15) is 5.26 Å². The van der Waals surface area contributed by atoms with Crippen LogP contribution in [0.25, 0.3) is 0 Å². The molecule has 2 amide bonds. The molecule has 8 nitrogen and oxygen atoms in total. The van der Waals surface area contributed by atoms with Crippen LogP contribution in [0.3, 0.4) is 0 Å². The SMILES string of the molecule is N#C/C(=C/N(C=O)CCCN)C(=O)NCCN1CCNCC1. The molecule has 0 atom stereocenters. The first-order valence-corrected chi connectivity index (χ1v) is 7.45. The average Bonchev–Trinajstić information content (AvgIpc) is 2.56. The van der Waals surface area contributed by atoms with Gasteiger partial charge in [0.25, 0.3) is 5.91 Å². The Bertz CT molecular complexity index is 426. The van der Waals surface area contributed by atoms with Crippen molar-refractivity contribution in [2.45, 2.75) is 6.42 Å². The van der Waals surface area contributed by atoms with E-state index in [1.807, 2.05) is 6.07 Å². The Labute approximate surface area is 130 Å². The van der Waals surface area contributed by atoms with E-state index in [1.165, 1.54) is 11.1 Å². The molecule has 0 aromatic heterocycles. The van der Waals surface area contributed by atoms with Gasteiger partial charge in [-0.15, -0.1) is 0 Å². The third-order valence-corrected chi connectivity index (χ3v) is 3.34. The van der Waals surface area contributed by atoms with Crippen LogP contribution >= 0.6 is 0 Å². The zero-order valence-corrected chi connectivity index (χ0v) is 12.8. The molecule has 4 N–H and O–H groups in total. The minimum atomic E-state index is -0.461. The fourth-order valence-electron chi connectivity index (χ4n) is 2.08. The third kappa shape index (κ3) is 6.67. The van der Waals surface area contributed by atoms with Gasteiger partial charge in [0.15, 0.2) is 0 Å². The van der Waals surface area contributed by atoms with E-state index < -0.39 is 5.91 Å². The quantitative estimate of drug-likeness (QED) is 0.264. The number of hydrogen-bond donors (Lipinski definition) is 3. The molecule has 0 saturated carbocycles. The van der Waals surface area contributed by atoms with Gasteiger partial charge in [0.1, 0.15) is 11.6 Å². The fraction of sp³-hybridized carbons (Fsp3) is 0.643. The van der Waals surface area contributed by atoms with Crippen LogP contribution in [-0.4, -0.2) is 74.5 Å². The van der Waals surface area contributed by atoms with Crippen molar-refractivity contribution < 1.29 is 9.59 Å². The monoisotopic (exact) mass is 308 g/mol. The standard InChI is InChI=1S/C14H24N6O2/c15-2-1-6-20(12-21)11-13(10-16)14(22)18-5-9-19-7-3-17-4-8-19/h11-12,17H,1-9,15H2,(H,18,22)/b13-11-. The predicted octanol–water partition coefficient (Wildman–Crippen LogP) is -1.78. The van der Waals surface area contributed by atoms with E-state index in [0.717, 1.165) is 32.7 Å². The molecule has 122 valence electrons. The molecule has 0 bridgehead atoms. The van der Waals surface area contributed by atoms with Crippen molar-refractivity contribution in [3.8, 4) is 6.07 Å². The minimum absolute atomic E-state index is 0.0792. The molecule has 1 aliphatic rings. The normalized spacial score (nSPS) is 15.9. The van der Waals surface area contributed by atoms with Gasteiger partial charge in [-0.25, -0.2) is 0 Å². The van der Waals surface area contributed by atoms with Crippen molar-refractivity contribution in [3.63, 3.8) is 0 Å². The first kappa shape index (κ1) is 18.1. The number of hydrogen-bond acceptors (Lipinski definition) is 6. The van der Waals surface area contributed by atoms with Gasteiger partial charge in [0.05, 0.1) is 0 Å². The zero-order valence-electron chi connectivity index (χ0n) is 12.8. The van der Waals surface area contributed by atoms with Crippen LogP contribution in [0.5, 0.6) is 0 Å². The van der Waals surface area contributed by atoms with E-state index in [9.17, 15) is 9.59 Å². The molecular weight excluding hydrogens is 284 g/mol. The molecule has 22 heavy (non-hydrogen) atoms. The van der Waals surface area contributed by atoms with Crippen molar-refractivity contribution in [3.05, 3.63) is 11.8 Å². The van der Waals surface area contributed by atoms with E-state index in [0.29, 0.717) is 32.5 Å². The summed E-state index contributed by atoms with van der Waals surface area (Å²) in [6.07, 6.45) is 2.46. The lowest BCUT2D eigenvalue weighted by atomic mass is 10.2. The summed E-state index contributed by atoms with van der Waals surface area (Å²) < 4.78 is 0. The van der Waals surface area contributed by atoms with Crippen molar-refractivity contribution >= 4 is 12.3 Å². The zero-order chi connectivity index (χ0) is 16.2. The summed E-state index contributed by atoms with van der Waals surface area (Å²) in [6.45, 7) is 5.86. The fourth-order valence-corrected chi connectivity index (χ4v) is 2.08. The molecule has 0 aromatic carbocycles. The third-order valence-electron chi connectivity index (χ3n) is 3.34. The van der Waals surface area contributed by atoms with Gasteiger partial charge in [-0.3, -0.25) is 14.5 Å². The Hall–Kier alpha value is -1.95. The highest BCUT2D eigenvalue weighted by molar-refractivity contribution is 5.97. The van der Waals surface area contributed by atoms with Crippen LogP contribution in [0.2, 0.25) is 0 Å².